The molecule has 0 aliphatic heterocycles. The molecule has 1 atom stereocenters. The molecule has 6 heteroatoms. The molecule has 2 aromatic carbocycles. The monoisotopic (exact) mass is 426 g/mol. The number of thioether (sulfide) groups is 1. The highest BCUT2D eigenvalue weighted by molar-refractivity contribution is 9.10. The molecule has 0 amide bonds. The SMILES string of the molecule is COc1ccc(Br)c(/C=C(\SC)S(C)=O)c1OCc1ccccc1. The second-order valence-corrected chi connectivity index (χ2v) is 8.20. The smallest absolute Gasteiger partial charge is 0.170 e. The maximum atomic E-state index is 11.9. The van der Waals surface area contributed by atoms with Crippen LogP contribution in [0.1, 0.15) is 11.1 Å². The van der Waals surface area contributed by atoms with Crippen LogP contribution in [-0.4, -0.2) is 23.8 Å². The number of ether oxygens (including phenoxy) is 2. The second-order valence-electron chi connectivity index (χ2n) is 4.89. The predicted octanol–water partition coefficient (Wildman–Crippen LogP) is 5.08. The Kier molecular flexibility index (Phi) is 7.40. The minimum Gasteiger partial charge on any atom is -0.493 e. The largest absolute Gasteiger partial charge is 0.493 e. The van der Waals surface area contributed by atoms with E-state index in [9.17, 15) is 4.21 Å². The molecule has 1 unspecified atom stereocenters. The molecular formula is C18H19BrO3S2. The maximum Gasteiger partial charge on any atom is 0.170 e. The van der Waals surface area contributed by atoms with Crippen molar-refractivity contribution in [2.75, 3.05) is 19.6 Å². The van der Waals surface area contributed by atoms with Crippen LogP contribution in [-0.2, 0) is 17.4 Å². The molecule has 0 aliphatic rings. The van der Waals surface area contributed by atoms with Gasteiger partial charge in [-0.2, -0.15) is 0 Å². The molecule has 3 nitrogen and oxygen atoms in total. The van der Waals surface area contributed by atoms with Crippen molar-refractivity contribution >= 4 is 44.6 Å². The second kappa shape index (κ2) is 9.30. The van der Waals surface area contributed by atoms with Gasteiger partial charge in [0.2, 0.25) is 0 Å². The van der Waals surface area contributed by atoms with Gasteiger partial charge in [-0.3, -0.25) is 4.21 Å². The standard InChI is InChI=1S/C18H19BrO3S2/c1-21-16-10-9-15(19)14(11-17(23-2)24(3)20)18(16)22-12-13-7-5-4-6-8-13/h4-11H,12H2,1-3H3/b17-11+. The molecule has 2 aromatic rings. The van der Waals surface area contributed by atoms with E-state index >= 15 is 0 Å². The maximum absolute atomic E-state index is 11.9. The molecule has 0 saturated heterocycles. The summed E-state index contributed by atoms with van der Waals surface area (Å²) in [7, 11) is 0.549. The van der Waals surface area contributed by atoms with Gasteiger partial charge in [0.1, 0.15) is 6.61 Å². The first kappa shape index (κ1) is 19.1. The van der Waals surface area contributed by atoms with Gasteiger partial charge in [0.25, 0.3) is 0 Å². The third kappa shape index (κ3) is 4.88. The fourth-order valence-electron chi connectivity index (χ4n) is 2.11. The van der Waals surface area contributed by atoms with Crippen molar-refractivity contribution < 1.29 is 13.7 Å². The molecule has 0 N–H and O–H groups in total. The summed E-state index contributed by atoms with van der Waals surface area (Å²) in [5.74, 6) is 1.27. The van der Waals surface area contributed by atoms with Gasteiger partial charge in [-0.25, -0.2) is 0 Å². The van der Waals surface area contributed by atoms with E-state index in [1.165, 1.54) is 11.8 Å². The number of benzene rings is 2. The first-order chi connectivity index (χ1) is 11.6. The molecule has 0 aromatic heterocycles. The highest BCUT2D eigenvalue weighted by Crippen LogP contribution is 2.39. The van der Waals surface area contributed by atoms with Crippen LogP contribution >= 0.6 is 27.7 Å². The number of hydrogen-bond acceptors (Lipinski definition) is 4. The average molecular weight is 427 g/mol. The molecule has 0 spiro atoms. The van der Waals surface area contributed by atoms with Crippen LogP contribution in [0.2, 0.25) is 0 Å². The Labute approximate surface area is 158 Å². The Morgan fingerprint density at radius 3 is 2.54 bits per heavy atom. The first-order valence-corrected chi connectivity index (χ1v) is 10.8. The zero-order chi connectivity index (χ0) is 17.5. The van der Waals surface area contributed by atoms with Crippen molar-refractivity contribution in [3.05, 3.63) is 62.3 Å². The van der Waals surface area contributed by atoms with E-state index in [1.54, 1.807) is 13.4 Å². The summed E-state index contributed by atoms with van der Waals surface area (Å²) in [6, 6.07) is 13.7. The van der Waals surface area contributed by atoms with Crippen LogP contribution < -0.4 is 9.47 Å². The molecule has 0 bridgehead atoms. The minimum atomic E-state index is -1.06. The van der Waals surface area contributed by atoms with Crippen molar-refractivity contribution in [3.63, 3.8) is 0 Å². The summed E-state index contributed by atoms with van der Waals surface area (Å²) < 4.78 is 25.0. The first-order valence-electron chi connectivity index (χ1n) is 7.19. The minimum absolute atomic E-state index is 0.429. The summed E-state index contributed by atoms with van der Waals surface area (Å²) in [6.45, 7) is 0.429. The van der Waals surface area contributed by atoms with E-state index < -0.39 is 10.8 Å². The van der Waals surface area contributed by atoms with E-state index in [2.05, 4.69) is 15.9 Å². The van der Waals surface area contributed by atoms with E-state index in [1.807, 2.05) is 54.8 Å². The van der Waals surface area contributed by atoms with E-state index in [-0.39, 0.29) is 0 Å². The van der Waals surface area contributed by atoms with E-state index in [0.717, 1.165) is 19.8 Å². The van der Waals surface area contributed by atoms with E-state index in [4.69, 9.17) is 9.47 Å². The molecule has 0 fully saturated rings. The van der Waals surface area contributed by atoms with Crippen molar-refractivity contribution in [1.82, 2.24) is 0 Å². The highest BCUT2D eigenvalue weighted by Gasteiger charge is 2.15. The van der Waals surface area contributed by atoms with Gasteiger partial charge in [0.05, 0.1) is 22.1 Å². The molecule has 0 saturated carbocycles. The van der Waals surface area contributed by atoms with Crippen LogP contribution in [0.3, 0.4) is 0 Å². The van der Waals surface area contributed by atoms with Gasteiger partial charge in [0, 0.05) is 16.3 Å². The third-order valence-corrected chi connectivity index (χ3v) is 6.40. The molecule has 24 heavy (non-hydrogen) atoms. The predicted molar refractivity (Wildman–Crippen MR) is 107 cm³/mol. The van der Waals surface area contributed by atoms with Gasteiger partial charge in [-0.1, -0.05) is 46.3 Å². The topological polar surface area (TPSA) is 35.5 Å². The summed E-state index contributed by atoms with van der Waals surface area (Å²) in [5.41, 5.74) is 1.89. The fourth-order valence-corrected chi connectivity index (χ4v) is 3.99. The van der Waals surface area contributed by atoms with Crippen LogP contribution in [0.4, 0.5) is 0 Å². The Morgan fingerprint density at radius 1 is 1.25 bits per heavy atom. The lowest BCUT2D eigenvalue weighted by Crippen LogP contribution is -2.00. The normalized spacial score (nSPS) is 12.8. The summed E-state index contributed by atoms with van der Waals surface area (Å²) in [5, 5.41) is 0. The van der Waals surface area contributed by atoms with Crippen molar-refractivity contribution in [3.8, 4) is 11.5 Å². The Morgan fingerprint density at radius 2 is 1.96 bits per heavy atom. The van der Waals surface area contributed by atoms with Gasteiger partial charge in [0.15, 0.2) is 11.5 Å². The Balaban J connectivity index is 2.43. The number of hydrogen-bond donors (Lipinski definition) is 0. The highest BCUT2D eigenvalue weighted by atomic mass is 79.9. The van der Waals surface area contributed by atoms with Crippen LogP contribution in [0, 0.1) is 0 Å². The summed E-state index contributed by atoms with van der Waals surface area (Å²) in [6.07, 6.45) is 5.46. The molecule has 0 aliphatic carbocycles. The molecular weight excluding hydrogens is 408 g/mol. The van der Waals surface area contributed by atoms with E-state index in [0.29, 0.717) is 18.1 Å². The molecule has 2 rings (SSSR count). The van der Waals surface area contributed by atoms with Crippen LogP contribution in [0.15, 0.2) is 51.2 Å². The molecule has 0 radical (unpaired) electrons. The van der Waals surface area contributed by atoms with Crippen LogP contribution in [0.5, 0.6) is 11.5 Å². The lowest BCUT2D eigenvalue weighted by molar-refractivity contribution is 0.283. The fraction of sp³-hybridized carbons (Fsp3) is 0.222. The third-order valence-electron chi connectivity index (χ3n) is 3.30. The lowest BCUT2D eigenvalue weighted by atomic mass is 10.2. The van der Waals surface area contributed by atoms with Gasteiger partial charge >= 0.3 is 0 Å². The number of halogens is 1. The Bertz CT molecular complexity index is 745. The summed E-state index contributed by atoms with van der Waals surface area (Å²) in [4.78, 5) is 0. The zero-order valence-corrected chi connectivity index (χ0v) is 17.0. The van der Waals surface area contributed by atoms with Gasteiger partial charge in [-0.05, 0) is 30.0 Å². The van der Waals surface area contributed by atoms with Gasteiger partial charge < -0.3 is 9.47 Å². The molecule has 0 heterocycles. The van der Waals surface area contributed by atoms with Crippen molar-refractivity contribution in [1.29, 1.82) is 0 Å². The van der Waals surface area contributed by atoms with Crippen molar-refractivity contribution in [2.24, 2.45) is 0 Å². The Hall–Kier alpha value is -1.24. The average Bonchev–Trinajstić information content (AvgIpc) is 2.59. The quantitative estimate of drug-likeness (QED) is 0.618. The molecule has 128 valence electrons. The number of methoxy groups -OCH3 is 1. The number of rotatable bonds is 7. The van der Waals surface area contributed by atoms with Gasteiger partial charge in [-0.15, -0.1) is 11.8 Å². The lowest BCUT2D eigenvalue weighted by Gasteiger charge is -2.15. The zero-order valence-electron chi connectivity index (χ0n) is 13.7. The summed E-state index contributed by atoms with van der Waals surface area (Å²) >= 11 is 5.02. The van der Waals surface area contributed by atoms with Crippen molar-refractivity contribution in [2.45, 2.75) is 6.61 Å². The van der Waals surface area contributed by atoms with Crippen LogP contribution in [0.25, 0.3) is 6.08 Å².